The summed E-state index contributed by atoms with van der Waals surface area (Å²) in [6.45, 7) is 0. The second-order valence-electron chi connectivity index (χ2n) is 4.88. The summed E-state index contributed by atoms with van der Waals surface area (Å²) in [5, 5.41) is 2.32. The SMILES string of the molecule is Cn1c2c3cc(N)ccc3nc-2cc2ccccc21. The normalized spacial score (nSPS) is 11.6. The molecule has 0 saturated carbocycles. The quantitative estimate of drug-likeness (QED) is 0.484. The molecule has 3 heteroatoms. The fourth-order valence-electron chi connectivity index (χ4n) is 2.80. The van der Waals surface area contributed by atoms with Crippen LogP contribution < -0.4 is 5.73 Å². The first kappa shape index (κ1) is 10.4. The molecule has 0 bridgehead atoms. The van der Waals surface area contributed by atoms with Crippen molar-refractivity contribution in [2.24, 2.45) is 7.05 Å². The molecule has 92 valence electrons. The maximum Gasteiger partial charge on any atom is 0.0887 e. The van der Waals surface area contributed by atoms with E-state index in [9.17, 15) is 0 Å². The molecule has 2 aromatic rings. The average molecular weight is 247 g/mol. The average Bonchev–Trinajstić information content (AvgIpc) is 2.76. The van der Waals surface area contributed by atoms with Crippen molar-refractivity contribution in [3.05, 3.63) is 48.5 Å². The van der Waals surface area contributed by atoms with Crippen LogP contribution in [-0.2, 0) is 7.05 Å². The van der Waals surface area contributed by atoms with E-state index in [2.05, 4.69) is 41.9 Å². The van der Waals surface area contributed by atoms with Crippen LogP contribution in [0.4, 0.5) is 5.69 Å². The van der Waals surface area contributed by atoms with Gasteiger partial charge in [-0.05, 0) is 30.3 Å². The van der Waals surface area contributed by atoms with Crippen LogP contribution in [0.2, 0.25) is 0 Å². The van der Waals surface area contributed by atoms with Gasteiger partial charge in [0.25, 0.3) is 0 Å². The van der Waals surface area contributed by atoms with Gasteiger partial charge in [0.05, 0.1) is 16.9 Å². The van der Waals surface area contributed by atoms with Gasteiger partial charge >= 0.3 is 0 Å². The highest BCUT2D eigenvalue weighted by atomic mass is 15.0. The summed E-state index contributed by atoms with van der Waals surface area (Å²) < 4.78 is 2.19. The molecular formula is C16H13N3. The van der Waals surface area contributed by atoms with Crippen molar-refractivity contribution in [2.75, 3.05) is 5.73 Å². The van der Waals surface area contributed by atoms with E-state index in [-0.39, 0.29) is 0 Å². The molecule has 2 aliphatic rings. The molecule has 19 heavy (non-hydrogen) atoms. The van der Waals surface area contributed by atoms with Gasteiger partial charge < -0.3 is 10.3 Å². The minimum atomic E-state index is 0.773. The second kappa shape index (κ2) is 3.48. The zero-order valence-electron chi connectivity index (χ0n) is 10.6. The molecule has 0 atom stereocenters. The molecule has 0 fully saturated rings. The lowest BCUT2D eigenvalue weighted by molar-refractivity contribution is 0.967. The van der Waals surface area contributed by atoms with Crippen LogP contribution >= 0.6 is 0 Å². The van der Waals surface area contributed by atoms with Gasteiger partial charge in [0.2, 0.25) is 0 Å². The van der Waals surface area contributed by atoms with Gasteiger partial charge in [0, 0.05) is 29.0 Å². The van der Waals surface area contributed by atoms with Crippen LogP contribution in [0.3, 0.4) is 0 Å². The van der Waals surface area contributed by atoms with Crippen molar-refractivity contribution in [1.82, 2.24) is 9.55 Å². The van der Waals surface area contributed by atoms with Crippen LogP contribution in [0.25, 0.3) is 33.2 Å². The summed E-state index contributed by atoms with van der Waals surface area (Å²) >= 11 is 0. The second-order valence-corrected chi connectivity index (χ2v) is 4.88. The lowest BCUT2D eigenvalue weighted by atomic mass is 10.1. The number of nitrogens with zero attached hydrogens (tertiary/aromatic N) is 2. The molecule has 0 saturated heterocycles. The Morgan fingerprint density at radius 2 is 1.89 bits per heavy atom. The Labute approximate surface area is 110 Å². The van der Waals surface area contributed by atoms with E-state index in [1.165, 1.54) is 10.9 Å². The number of benzene rings is 2. The Morgan fingerprint density at radius 3 is 2.79 bits per heavy atom. The Hall–Kier alpha value is -2.55. The van der Waals surface area contributed by atoms with Gasteiger partial charge in [-0.25, -0.2) is 4.98 Å². The minimum absolute atomic E-state index is 0.773. The van der Waals surface area contributed by atoms with Gasteiger partial charge in [-0.2, -0.15) is 0 Å². The largest absolute Gasteiger partial charge is 0.399 e. The molecular weight excluding hydrogens is 234 g/mol. The smallest absolute Gasteiger partial charge is 0.0887 e. The van der Waals surface area contributed by atoms with Crippen LogP contribution in [-0.4, -0.2) is 9.55 Å². The lowest BCUT2D eigenvalue weighted by Gasteiger charge is -2.11. The van der Waals surface area contributed by atoms with Crippen LogP contribution in [0.5, 0.6) is 0 Å². The number of aryl methyl sites for hydroxylation is 1. The van der Waals surface area contributed by atoms with Crippen molar-refractivity contribution in [2.45, 2.75) is 0 Å². The van der Waals surface area contributed by atoms with Crippen LogP contribution in [0, 0.1) is 0 Å². The summed E-state index contributed by atoms with van der Waals surface area (Å²) in [4.78, 5) is 4.69. The van der Waals surface area contributed by atoms with E-state index >= 15 is 0 Å². The molecule has 0 aliphatic carbocycles. The van der Waals surface area contributed by atoms with E-state index in [0.29, 0.717) is 0 Å². The van der Waals surface area contributed by atoms with Gasteiger partial charge in [-0.15, -0.1) is 0 Å². The Kier molecular flexibility index (Phi) is 1.90. The van der Waals surface area contributed by atoms with Crippen LogP contribution in [0.15, 0.2) is 48.5 Å². The molecule has 0 aromatic heterocycles. The maximum absolute atomic E-state index is 5.90. The molecule has 0 radical (unpaired) electrons. The van der Waals surface area contributed by atoms with Crippen molar-refractivity contribution >= 4 is 27.5 Å². The number of hydrogen-bond donors (Lipinski definition) is 1. The van der Waals surface area contributed by atoms with Crippen LogP contribution in [0.1, 0.15) is 0 Å². The number of aromatic nitrogens is 2. The third-order valence-electron chi connectivity index (χ3n) is 3.68. The molecule has 0 spiro atoms. The third kappa shape index (κ3) is 1.35. The van der Waals surface area contributed by atoms with Gasteiger partial charge in [0.1, 0.15) is 0 Å². The molecule has 3 nitrogen and oxygen atoms in total. The van der Waals surface area contributed by atoms with Crippen molar-refractivity contribution in [3.63, 3.8) is 0 Å². The first-order chi connectivity index (χ1) is 9.24. The number of hydrogen-bond acceptors (Lipinski definition) is 2. The summed E-state index contributed by atoms with van der Waals surface area (Å²) in [5.41, 5.74) is 11.0. The number of fused-ring (bicyclic) bond motifs is 4. The van der Waals surface area contributed by atoms with E-state index in [1.54, 1.807) is 0 Å². The highest BCUT2D eigenvalue weighted by Crippen LogP contribution is 2.34. The summed E-state index contributed by atoms with van der Waals surface area (Å²) in [5.74, 6) is 0. The molecule has 0 amide bonds. The standard InChI is InChI=1S/C16H13N3/c1-19-15-5-3-2-4-10(15)8-14-16(19)12-9-11(17)6-7-13(12)18-14/h2-9H,17H2,1H3. The monoisotopic (exact) mass is 247 g/mol. The zero-order valence-corrected chi connectivity index (χ0v) is 10.6. The first-order valence-electron chi connectivity index (χ1n) is 6.27. The Balaban J connectivity index is 2.28. The number of nitrogens with two attached hydrogens (primary N) is 1. The fraction of sp³-hybridized carbons (Fsp3) is 0.0625. The molecule has 4 rings (SSSR count). The Bertz CT molecular complexity index is 889. The van der Waals surface area contributed by atoms with Crippen molar-refractivity contribution < 1.29 is 0 Å². The van der Waals surface area contributed by atoms with Gasteiger partial charge in [-0.3, -0.25) is 0 Å². The maximum atomic E-state index is 5.90. The molecule has 2 aliphatic heterocycles. The first-order valence-corrected chi connectivity index (χ1v) is 6.27. The zero-order chi connectivity index (χ0) is 13.0. The molecule has 2 aromatic carbocycles. The number of rotatable bonds is 0. The summed E-state index contributed by atoms with van der Waals surface area (Å²) in [6.07, 6.45) is 0. The topological polar surface area (TPSA) is 43.8 Å². The lowest BCUT2D eigenvalue weighted by Crippen LogP contribution is -1.98. The summed E-state index contributed by atoms with van der Waals surface area (Å²) in [7, 11) is 2.08. The summed E-state index contributed by atoms with van der Waals surface area (Å²) in [6, 6.07) is 16.4. The molecule has 2 heterocycles. The number of nitrogen functional groups attached to an aromatic ring is 1. The van der Waals surface area contributed by atoms with Crippen molar-refractivity contribution in [1.29, 1.82) is 0 Å². The number of para-hydroxylation sites is 1. The van der Waals surface area contributed by atoms with Crippen molar-refractivity contribution in [3.8, 4) is 11.4 Å². The van der Waals surface area contributed by atoms with E-state index < -0.39 is 0 Å². The minimum Gasteiger partial charge on any atom is -0.399 e. The Morgan fingerprint density at radius 1 is 1.05 bits per heavy atom. The number of anilines is 1. The van der Waals surface area contributed by atoms with Gasteiger partial charge in [-0.1, -0.05) is 18.2 Å². The highest BCUT2D eigenvalue weighted by Gasteiger charge is 2.16. The van der Waals surface area contributed by atoms with E-state index in [0.717, 1.165) is 28.0 Å². The third-order valence-corrected chi connectivity index (χ3v) is 3.68. The fourth-order valence-corrected chi connectivity index (χ4v) is 2.80. The molecule has 0 unspecified atom stereocenters. The molecule has 2 N–H and O–H groups in total. The number of pyridine rings is 1. The predicted molar refractivity (Wildman–Crippen MR) is 79.3 cm³/mol. The van der Waals surface area contributed by atoms with E-state index in [4.69, 9.17) is 10.7 Å². The van der Waals surface area contributed by atoms with Gasteiger partial charge in [0.15, 0.2) is 0 Å². The van der Waals surface area contributed by atoms with E-state index in [1.807, 2.05) is 18.2 Å². The highest BCUT2D eigenvalue weighted by molar-refractivity contribution is 6.01. The predicted octanol–water partition coefficient (Wildman–Crippen LogP) is 3.41.